The van der Waals surface area contributed by atoms with E-state index in [-0.39, 0.29) is 0 Å². The number of hydrogen-bond acceptors (Lipinski definition) is 3. The number of dihydropyridines is 1. The van der Waals surface area contributed by atoms with Crippen LogP contribution in [0.25, 0.3) is 0 Å². The minimum atomic E-state index is -3.38. The lowest BCUT2D eigenvalue weighted by molar-refractivity contribution is -0.113. The normalized spacial score (nSPS) is 22.7. The van der Waals surface area contributed by atoms with Crippen LogP contribution in [0.2, 0.25) is 0 Å². The van der Waals surface area contributed by atoms with Crippen LogP contribution in [-0.4, -0.2) is 44.2 Å². The molecule has 0 aromatic carbocycles. The number of aliphatic imine (C=N–C) groups is 1. The van der Waals surface area contributed by atoms with Gasteiger partial charge in [-0.15, -0.1) is 0 Å². The second-order valence-corrected chi connectivity index (χ2v) is 5.07. The van der Waals surface area contributed by atoms with Gasteiger partial charge in [0.2, 0.25) is 10.0 Å². The van der Waals surface area contributed by atoms with E-state index in [4.69, 9.17) is 0 Å². The third kappa shape index (κ3) is 2.02. The Kier molecular flexibility index (Phi) is 2.63. The van der Waals surface area contributed by atoms with Crippen LogP contribution in [-0.2, 0) is 14.8 Å². The number of carbonyl (C=O) groups excluding carboxylic acids is 1. The van der Waals surface area contributed by atoms with Gasteiger partial charge in [-0.05, 0) is 0 Å². The predicted octanol–water partition coefficient (Wildman–Crippen LogP) is -0.586. The zero-order valence-corrected chi connectivity index (χ0v) is 8.15. The summed E-state index contributed by atoms with van der Waals surface area (Å²) in [5.74, 6) is -0.426. The van der Waals surface area contributed by atoms with E-state index < -0.39 is 21.2 Å². The molecule has 5 nitrogen and oxygen atoms in total. The topological polar surface area (TPSA) is 66.8 Å². The second kappa shape index (κ2) is 3.39. The zero-order chi connectivity index (χ0) is 10.1. The van der Waals surface area contributed by atoms with Gasteiger partial charge in [-0.1, -0.05) is 6.08 Å². The quantitative estimate of drug-likeness (QED) is 0.601. The molecular weight excluding hydrogens is 192 g/mol. The Hall–Kier alpha value is -1.01. The van der Waals surface area contributed by atoms with E-state index in [1.807, 2.05) is 0 Å². The fourth-order valence-electron chi connectivity index (χ4n) is 0.836. The fraction of sp³-hybridized carbons (Fsp3) is 0.429. The van der Waals surface area contributed by atoms with Gasteiger partial charge in [0.15, 0.2) is 0 Å². The summed E-state index contributed by atoms with van der Waals surface area (Å²) >= 11 is 0. The van der Waals surface area contributed by atoms with E-state index in [0.29, 0.717) is 0 Å². The first-order valence-corrected chi connectivity index (χ1v) is 5.12. The molecule has 0 fully saturated rings. The molecule has 1 aliphatic rings. The molecule has 0 aliphatic carbocycles. The number of amides is 1. The Labute approximate surface area is 76.8 Å². The van der Waals surface area contributed by atoms with Crippen LogP contribution < -0.4 is 0 Å². The van der Waals surface area contributed by atoms with Gasteiger partial charge < -0.3 is 0 Å². The van der Waals surface area contributed by atoms with Crippen LogP contribution in [0.1, 0.15) is 0 Å². The number of hydrogen-bond donors (Lipinski definition) is 0. The van der Waals surface area contributed by atoms with E-state index in [0.717, 1.165) is 16.6 Å². The molecule has 0 saturated carbocycles. The van der Waals surface area contributed by atoms with E-state index in [1.54, 1.807) is 0 Å². The maximum absolute atomic E-state index is 11.5. The van der Waals surface area contributed by atoms with Gasteiger partial charge in [0.1, 0.15) is 5.25 Å². The molecule has 1 aliphatic heterocycles. The minimum Gasteiger partial charge on any atom is -0.268 e. The highest BCUT2D eigenvalue weighted by Crippen LogP contribution is 2.08. The first kappa shape index (κ1) is 10.1. The van der Waals surface area contributed by atoms with Crippen molar-refractivity contribution >= 4 is 22.1 Å². The molecule has 13 heavy (non-hydrogen) atoms. The van der Waals surface area contributed by atoms with Crippen molar-refractivity contribution in [3.8, 4) is 0 Å². The summed E-state index contributed by atoms with van der Waals surface area (Å²) in [7, 11) is -0.503. The highest BCUT2D eigenvalue weighted by Gasteiger charge is 2.25. The lowest BCUT2D eigenvalue weighted by atomic mass is 10.3. The molecule has 0 saturated heterocycles. The van der Waals surface area contributed by atoms with Crippen LogP contribution in [0.3, 0.4) is 0 Å². The Balaban J connectivity index is 2.94. The van der Waals surface area contributed by atoms with Gasteiger partial charge in [-0.2, -0.15) is 0 Å². The van der Waals surface area contributed by atoms with Crippen LogP contribution in [0.15, 0.2) is 17.1 Å². The minimum absolute atomic E-state index is 0.426. The van der Waals surface area contributed by atoms with Crippen molar-refractivity contribution < 1.29 is 13.2 Å². The standard InChI is InChI=1S/C7H10N2O3S/c1-9(2)13(11,12)6-3-4-7(10)8-5-6/h3-6H,1-2H3. The molecule has 0 spiro atoms. The first-order chi connectivity index (χ1) is 5.94. The lowest BCUT2D eigenvalue weighted by Gasteiger charge is -2.16. The Morgan fingerprint density at radius 2 is 2.08 bits per heavy atom. The summed E-state index contributed by atoms with van der Waals surface area (Å²) in [5.41, 5.74) is 0. The van der Waals surface area contributed by atoms with Gasteiger partial charge in [-0.25, -0.2) is 17.7 Å². The maximum Gasteiger partial charge on any atom is 0.269 e. The van der Waals surface area contributed by atoms with Crippen molar-refractivity contribution in [2.24, 2.45) is 4.99 Å². The summed E-state index contributed by atoms with van der Waals surface area (Å²) in [6.07, 6.45) is 3.62. The number of rotatable bonds is 2. The number of nitrogens with zero attached hydrogens (tertiary/aromatic N) is 2. The molecule has 0 bridgehead atoms. The van der Waals surface area contributed by atoms with Crippen molar-refractivity contribution in [1.82, 2.24) is 4.31 Å². The average Bonchev–Trinajstić information content (AvgIpc) is 2.04. The molecule has 1 heterocycles. The molecule has 1 unspecified atom stereocenters. The van der Waals surface area contributed by atoms with Crippen LogP contribution in [0.4, 0.5) is 0 Å². The fourth-order valence-corrected chi connectivity index (χ4v) is 1.82. The maximum atomic E-state index is 11.5. The number of sulfonamides is 1. The molecule has 0 N–H and O–H groups in total. The van der Waals surface area contributed by atoms with Gasteiger partial charge >= 0.3 is 0 Å². The summed E-state index contributed by atoms with van der Waals surface area (Å²) in [6, 6.07) is 0. The van der Waals surface area contributed by atoms with E-state index in [2.05, 4.69) is 4.99 Å². The zero-order valence-electron chi connectivity index (χ0n) is 7.34. The van der Waals surface area contributed by atoms with E-state index >= 15 is 0 Å². The number of carbonyl (C=O) groups is 1. The van der Waals surface area contributed by atoms with Gasteiger partial charge in [0, 0.05) is 26.4 Å². The van der Waals surface area contributed by atoms with Crippen LogP contribution in [0, 0.1) is 0 Å². The van der Waals surface area contributed by atoms with Crippen molar-refractivity contribution in [2.75, 3.05) is 14.1 Å². The SMILES string of the molecule is CN(C)S(=O)(=O)C1C=CC(=O)N=C1. The van der Waals surface area contributed by atoms with Gasteiger partial charge in [0.25, 0.3) is 5.91 Å². The second-order valence-electron chi connectivity index (χ2n) is 2.77. The van der Waals surface area contributed by atoms with E-state index in [1.165, 1.54) is 20.2 Å². The summed E-state index contributed by atoms with van der Waals surface area (Å²) in [4.78, 5) is 14.0. The third-order valence-corrected chi connectivity index (χ3v) is 3.61. The predicted molar refractivity (Wildman–Crippen MR) is 49.0 cm³/mol. The molecule has 1 atom stereocenters. The Bertz CT molecular complexity index is 351. The highest BCUT2D eigenvalue weighted by atomic mass is 32.2. The molecular formula is C7H10N2O3S. The summed E-state index contributed by atoms with van der Waals surface area (Å²) < 4.78 is 24.0. The lowest BCUT2D eigenvalue weighted by Crippen LogP contribution is -2.34. The molecule has 1 rings (SSSR count). The monoisotopic (exact) mass is 202 g/mol. The van der Waals surface area contributed by atoms with Crippen LogP contribution in [0.5, 0.6) is 0 Å². The highest BCUT2D eigenvalue weighted by molar-refractivity contribution is 7.90. The van der Waals surface area contributed by atoms with Gasteiger partial charge in [-0.3, -0.25) is 4.79 Å². The van der Waals surface area contributed by atoms with Gasteiger partial charge in [0.05, 0.1) is 0 Å². The Morgan fingerprint density at radius 3 is 2.46 bits per heavy atom. The van der Waals surface area contributed by atoms with E-state index in [9.17, 15) is 13.2 Å². The summed E-state index contributed by atoms with van der Waals surface area (Å²) in [5, 5.41) is -0.819. The molecule has 6 heteroatoms. The van der Waals surface area contributed by atoms with Crippen molar-refractivity contribution in [2.45, 2.75) is 5.25 Å². The van der Waals surface area contributed by atoms with Crippen molar-refractivity contribution in [3.05, 3.63) is 12.2 Å². The van der Waals surface area contributed by atoms with Crippen molar-refractivity contribution in [3.63, 3.8) is 0 Å². The average molecular weight is 202 g/mol. The van der Waals surface area contributed by atoms with Crippen LogP contribution >= 0.6 is 0 Å². The largest absolute Gasteiger partial charge is 0.269 e. The molecule has 72 valence electrons. The molecule has 0 aromatic heterocycles. The molecule has 1 amide bonds. The summed E-state index contributed by atoms with van der Waals surface area (Å²) in [6.45, 7) is 0. The molecule has 0 radical (unpaired) electrons. The third-order valence-electron chi connectivity index (χ3n) is 1.63. The smallest absolute Gasteiger partial charge is 0.268 e. The Morgan fingerprint density at radius 1 is 1.46 bits per heavy atom. The molecule has 0 aromatic rings. The first-order valence-electron chi connectivity index (χ1n) is 3.62. The van der Waals surface area contributed by atoms with Crippen molar-refractivity contribution in [1.29, 1.82) is 0 Å².